The number of sulfonamides is 1. The van der Waals surface area contributed by atoms with E-state index in [1.807, 2.05) is 0 Å². The molecule has 0 atom stereocenters. The van der Waals surface area contributed by atoms with Crippen LogP contribution < -0.4 is 10.5 Å². The van der Waals surface area contributed by atoms with E-state index in [9.17, 15) is 8.42 Å². The van der Waals surface area contributed by atoms with Gasteiger partial charge in [0.1, 0.15) is 5.82 Å². The third-order valence-electron chi connectivity index (χ3n) is 2.45. The molecule has 0 spiro atoms. The molecule has 3 N–H and O–H groups in total. The number of pyridine rings is 1. The number of hydrogen-bond donors (Lipinski definition) is 2. The summed E-state index contributed by atoms with van der Waals surface area (Å²) in [5.41, 5.74) is 6.15. The summed E-state index contributed by atoms with van der Waals surface area (Å²) in [6.07, 6.45) is 1.50. The Hall–Kier alpha value is -1.63. The van der Waals surface area contributed by atoms with Crippen molar-refractivity contribution in [2.45, 2.75) is 11.4 Å². The highest BCUT2D eigenvalue weighted by Crippen LogP contribution is 2.19. The highest BCUT2D eigenvalue weighted by molar-refractivity contribution is 7.92. The molecule has 7 heteroatoms. The number of nitrogens with one attached hydrogen (secondary N) is 1. The lowest BCUT2D eigenvalue weighted by Crippen LogP contribution is -2.16. The molecule has 0 saturated carbocycles. The van der Waals surface area contributed by atoms with Crippen molar-refractivity contribution in [1.82, 2.24) is 4.98 Å². The van der Waals surface area contributed by atoms with Crippen molar-refractivity contribution in [2.24, 2.45) is 5.73 Å². The molecule has 19 heavy (non-hydrogen) atoms. The van der Waals surface area contributed by atoms with Gasteiger partial charge >= 0.3 is 0 Å². The molecule has 0 fully saturated rings. The number of hydrogen-bond acceptors (Lipinski definition) is 4. The van der Waals surface area contributed by atoms with Crippen molar-refractivity contribution in [3.05, 3.63) is 53.2 Å². The number of anilines is 1. The second kappa shape index (κ2) is 5.56. The van der Waals surface area contributed by atoms with E-state index in [1.165, 1.54) is 18.3 Å². The normalized spacial score (nSPS) is 11.3. The Bertz CT molecular complexity index is 689. The van der Waals surface area contributed by atoms with Crippen molar-refractivity contribution in [1.29, 1.82) is 0 Å². The van der Waals surface area contributed by atoms with Gasteiger partial charge in [0.05, 0.1) is 4.90 Å². The molecule has 1 heterocycles. The SMILES string of the molecule is NCc1cccnc1NS(=O)(=O)c1cccc(Cl)c1. The molecule has 0 saturated heterocycles. The van der Waals surface area contributed by atoms with Crippen LogP contribution in [0.15, 0.2) is 47.5 Å². The Morgan fingerprint density at radius 3 is 2.74 bits per heavy atom. The van der Waals surface area contributed by atoms with Gasteiger partial charge < -0.3 is 5.73 Å². The Morgan fingerprint density at radius 2 is 2.05 bits per heavy atom. The first-order chi connectivity index (χ1) is 9.03. The zero-order valence-corrected chi connectivity index (χ0v) is 11.4. The van der Waals surface area contributed by atoms with E-state index in [4.69, 9.17) is 17.3 Å². The number of nitrogens with two attached hydrogens (primary N) is 1. The van der Waals surface area contributed by atoms with E-state index in [-0.39, 0.29) is 17.3 Å². The van der Waals surface area contributed by atoms with Gasteiger partial charge in [-0.05, 0) is 24.3 Å². The van der Waals surface area contributed by atoms with Gasteiger partial charge in [-0.1, -0.05) is 23.7 Å². The first-order valence-electron chi connectivity index (χ1n) is 5.45. The second-order valence-electron chi connectivity index (χ2n) is 3.78. The number of aromatic nitrogens is 1. The van der Waals surface area contributed by atoms with Gasteiger partial charge in [-0.15, -0.1) is 0 Å². The smallest absolute Gasteiger partial charge is 0.263 e. The van der Waals surface area contributed by atoms with Crippen LogP contribution in [0, 0.1) is 0 Å². The molecular weight excluding hydrogens is 286 g/mol. The minimum absolute atomic E-state index is 0.0774. The summed E-state index contributed by atoms with van der Waals surface area (Å²) in [6, 6.07) is 9.40. The summed E-state index contributed by atoms with van der Waals surface area (Å²) < 4.78 is 26.7. The first kappa shape index (κ1) is 13.8. The summed E-state index contributed by atoms with van der Waals surface area (Å²) >= 11 is 5.78. The fraction of sp³-hybridized carbons (Fsp3) is 0.0833. The first-order valence-corrected chi connectivity index (χ1v) is 7.31. The van der Waals surface area contributed by atoms with Crippen molar-refractivity contribution in [3.63, 3.8) is 0 Å². The van der Waals surface area contributed by atoms with E-state index in [0.29, 0.717) is 10.6 Å². The van der Waals surface area contributed by atoms with Crippen LogP contribution in [0.2, 0.25) is 5.02 Å². The molecule has 2 rings (SSSR count). The molecule has 0 aliphatic rings. The maximum Gasteiger partial charge on any atom is 0.263 e. The van der Waals surface area contributed by atoms with E-state index in [1.54, 1.807) is 24.3 Å². The van der Waals surface area contributed by atoms with Crippen molar-refractivity contribution in [3.8, 4) is 0 Å². The fourth-order valence-electron chi connectivity index (χ4n) is 1.52. The number of nitrogens with zero attached hydrogens (tertiary/aromatic N) is 1. The minimum Gasteiger partial charge on any atom is -0.326 e. The van der Waals surface area contributed by atoms with Gasteiger partial charge in [-0.2, -0.15) is 0 Å². The molecule has 0 bridgehead atoms. The third kappa shape index (κ3) is 3.23. The number of benzene rings is 1. The van der Waals surface area contributed by atoms with Crippen LogP contribution in [0.1, 0.15) is 5.56 Å². The molecule has 1 aromatic carbocycles. The summed E-state index contributed by atoms with van der Waals surface area (Å²) in [5, 5.41) is 0.350. The predicted octanol–water partition coefficient (Wildman–Crippen LogP) is 1.99. The fourth-order valence-corrected chi connectivity index (χ4v) is 2.87. The van der Waals surface area contributed by atoms with Crippen LogP contribution in [-0.2, 0) is 16.6 Å². The molecule has 0 amide bonds. The zero-order chi connectivity index (χ0) is 13.9. The van der Waals surface area contributed by atoms with Gasteiger partial charge in [0.2, 0.25) is 0 Å². The molecule has 100 valence electrons. The van der Waals surface area contributed by atoms with E-state index < -0.39 is 10.0 Å². The lowest BCUT2D eigenvalue weighted by molar-refractivity contribution is 0.601. The Morgan fingerprint density at radius 1 is 1.26 bits per heavy atom. The highest BCUT2D eigenvalue weighted by Gasteiger charge is 2.16. The quantitative estimate of drug-likeness (QED) is 0.904. The monoisotopic (exact) mass is 297 g/mol. The summed E-state index contributed by atoms with van der Waals surface area (Å²) in [6.45, 7) is 0.196. The average Bonchev–Trinajstić information content (AvgIpc) is 2.39. The second-order valence-corrected chi connectivity index (χ2v) is 5.90. The summed E-state index contributed by atoms with van der Waals surface area (Å²) in [5.74, 6) is 0.227. The topological polar surface area (TPSA) is 85.1 Å². The van der Waals surface area contributed by atoms with E-state index in [0.717, 1.165) is 0 Å². The van der Waals surface area contributed by atoms with Crippen LogP contribution in [-0.4, -0.2) is 13.4 Å². The standard InChI is InChI=1S/C12H12ClN3O2S/c13-10-4-1-5-11(7-10)19(17,18)16-12-9(8-14)3-2-6-15-12/h1-7H,8,14H2,(H,15,16). The van der Waals surface area contributed by atoms with Crippen LogP contribution in [0.25, 0.3) is 0 Å². The van der Waals surface area contributed by atoms with Gasteiger partial charge in [0.15, 0.2) is 0 Å². The lowest BCUT2D eigenvalue weighted by Gasteiger charge is -2.10. The zero-order valence-electron chi connectivity index (χ0n) is 9.88. The highest BCUT2D eigenvalue weighted by atomic mass is 35.5. The minimum atomic E-state index is -3.72. The van der Waals surface area contributed by atoms with Crippen LogP contribution >= 0.6 is 11.6 Å². The van der Waals surface area contributed by atoms with Gasteiger partial charge in [0, 0.05) is 23.3 Å². The maximum absolute atomic E-state index is 12.2. The summed E-state index contributed by atoms with van der Waals surface area (Å²) in [7, 11) is -3.72. The average molecular weight is 298 g/mol. The molecule has 2 aromatic rings. The number of halogens is 1. The molecule has 0 radical (unpaired) electrons. The third-order valence-corrected chi connectivity index (χ3v) is 4.02. The van der Waals surface area contributed by atoms with Crippen LogP contribution in [0.4, 0.5) is 5.82 Å². The van der Waals surface area contributed by atoms with Crippen LogP contribution in [0.5, 0.6) is 0 Å². The molecule has 0 aliphatic heterocycles. The maximum atomic E-state index is 12.2. The predicted molar refractivity (Wildman–Crippen MR) is 74.4 cm³/mol. The van der Waals surface area contributed by atoms with Gasteiger partial charge in [0.25, 0.3) is 10.0 Å². The molecule has 1 aromatic heterocycles. The van der Waals surface area contributed by atoms with Gasteiger partial charge in [-0.25, -0.2) is 13.4 Å². The molecule has 5 nitrogen and oxygen atoms in total. The lowest BCUT2D eigenvalue weighted by atomic mass is 10.3. The van der Waals surface area contributed by atoms with Crippen molar-refractivity contribution >= 4 is 27.4 Å². The van der Waals surface area contributed by atoms with Crippen LogP contribution in [0.3, 0.4) is 0 Å². The van der Waals surface area contributed by atoms with Crippen molar-refractivity contribution < 1.29 is 8.42 Å². The molecule has 0 unspecified atom stereocenters. The molecular formula is C12H12ClN3O2S. The Labute approximate surface area is 116 Å². The van der Waals surface area contributed by atoms with Crippen molar-refractivity contribution in [2.75, 3.05) is 4.72 Å². The summed E-state index contributed by atoms with van der Waals surface area (Å²) in [4.78, 5) is 4.06. The van der Waals surface area contributed by atoms with E-state index in [2.05, 4.69) is 9.71 Å². The Kier molecular flexibility index (Phi) is 4.04. The van der Waals surface area contributed by atoms with E-state index >= 15 is 0 Å². The largest absolute Gasteiger partial charge is 0.326 e. The van der Waals surface area contributed by atoms with Gasteiger partial charge in [-0.3, -0.25) is 4.72 Å². The molecule has 0 aliphatic carbocycles. The number of rotatable bonds is 4. The Balaban J connectivity index is 2.37.